The van der Waals surface area contributed by atoms with Gasteiger partial charge >= 0.3 is 5.97 Å². The first-order valence-corrected chi connectivity index (χ1v) is 8.13. The minimum atomic E-state index is -0.731. The van der Waals surface area contributed by atoms with Crippen LogP contribution >= 0.6 is 11.6 Å². The molecule has 1 aromatic heterocycles. The van der Waals surface area contributed by atoms with Gasteiger partial charge in [-0.3, -0.25) is 4.79 Å². The maximum absolute atomic E-state index is 11.0. The zero-order valence-electron chi connectivity index (χ0n) is 12.8. The van der Waals surface area contributed by atoms with E-state index in [-0.39, 0.29) is 5.92 Å². The number of hydrogen-bond donors (Lipinski definition) is 1. The van der Waals surface area contributed by atoms with Crippen molar-refractivity contribution < 1.29 is 9.90 Å². The smallest absolute Gasteiger partial charge is 0.310 e. The molecule has 0 unspecified atom stereocenters. The monoisotopic (exact) mass is 338 g/mol. The summed E-state index contributed by atoms with van der Waals surface area (Å²) in [7, 11) is 0. The van der Waals surface area contributed by atoms with Crippen molar-refractivity contribution in [2.24, 2.45) is 5.92 Å². The molecule has 0 spiro atoms. The minimum absolute atomic E-state index is 0.276. The molecule has 120 valence electrons. The van der Waals surface area contributed by atoms with Gasteiger partial charge in [-0.25, -0.2) is 4.98 Å². The number of rotatable bonds is 3. The molecule has 0 saturated carbocycles. The zero-order valence-corrected chi connectivity index (χ0v) is 13.6. The van der Waals surface area contributed by atoms with Gasteiger partial charge in [0.25, 0.3) is 0 Å². The first kappa shape index (κ1) is 15.0. The molecule has 1 fully saturated rings. The van der Waals surface area contributed by atoms with Crippen LogP contribution in [0.3, 0.4) is 0 Å². The van der Waals surface area contributed by atoms with Gasteiger partial charge in [0.15, 0.2) is 0 Å². The van der Waals surface area contributed by atoms with Crippen molar-refractivity contribution in [1.82, 2.24) is 4.98 Å². The highest BCUT2D eigenvalue weighted by atomic mass is 35.5. The van der Waals surface area contributed by atoms with E-state index in [9.17, 15) is 4.79 Å². The van der Waals surface area contributed by atoms with Crippen molar-refractivity contribution in [2.45, 2.75) is 0 Å². The topological polar surface area (TPSA) is 53.4 Å². The molecule has 0 amide bonds. The van der Waals surface area contributed by atoms with E-state index in [0.29, 0.717) is 18.2 Å². The Bertz CT molecular complexity index is 936. The standard InChI is InChI=1S/C19H15ClN2O2/c20-18-16-7-2-1-4-12(16)9-17(21-18)13-5-3-6-15(8-13)22-10-14(11-22)19(23)24/h1-9,14H,10-11H2,(H,23,24). The predicted molar refractivity (Wildman–Crippen MR) is 95.5 cm³/mol. The Morgan fingerprint density at radius 1 is 1.12 bits per heavy atom. The summed E-state index contributed by atoms with van der Waals surface area (Å²) in [6.07, 6.45) is 0. The summed E-state index contributed by atoms with van der Waals surface area (Å²) < 4.78 is 0. The molecule has 1 saturated heterocycles. The van der Waals surface area contributed by atoms with Gasteiger partial charge in [0.1, 0.15) is 5.15 Å². The highest BCUT2D eigenvalue weighted by Crippen LogP contribution is 2.31. The third-order valence-electron chi connectivity index (χ3n) is 4.43. The quantitative estimate of drug-likeness (QED) is 0.731. The first-order valence-electron chi connectivity index (χ1n) is 7.75. The number of benzene rings is 2. The number of pyridine rings is 1. The van der Waals surface area contributed by atoms with E-state index >= 15 is 0 Å². The average Bonchev–Trinajstić information content (AvgIpc) is 2.53. The number of nitrogens with zero attached hydrogens (tertiary/aromatic N) is 2. The van der Waals surface area contributed by atoms with Crippen LogP contribution in [-0.2, 0) is 4.79 Å². The lowest BCUT2D eigenvalue weighted by atomic mass is 9.98. The lowest BCUT2D eigenvalue weighted by Crippen LogP contribution is -2.50. The molecule has 1 aliphatic rings. The van der Waals surface area contributed by atoms with Gasteiger partial charge in [-0.15, -0.1) is 0 Å². The first-order chi connectivity index (χ1) is 11.6. The number of hydrogen-bond acceptors (Lipinski definition) is 3. The molecule has 4 rings (SSSR count). The van der Waals surface area contributed by atoms with Crippen LogP contribution in [0.1, 0.15) is 0 Å². The lowest BCUT2D eigenvalue weighted by molar-refractivity contribution is -0.142. The van der Waals surface area contributed by atoms with Crippen LogP contribution in [-0.4, -0.2) is 29.1 Å². The molecule has 0 atom stereocenters. The maximum atomic E-state index is 11.0. The van der Waals surface area contributed by atoms with Crippen LogP contribution in [0.15, 0.2) is 54.6 Å². The van der Waals surface area contributed by atoms with E-state index in [1.807, 2.05) is 54.6 Å². The average molecular weight is 339 g/mol. The summed E-state index contributed by atoms with van der Waals surface area (Å²) >= 11 is 6.32. The fourth-order valence-electron chi connectivity index (χ4n) is 3.01. The fourth-order valence-corrected chi connectivity index (χ4v) is 3.27. The predicted octanol–water partition coefficient (Wildman–Crippen LogP) is 4.08. The molecule has 4 nitrogen and oxygen atoms in total. The van der Waals surface area contributed by atoms with Crippen molar-refractivity contribution in [3.63, 3.8) is 0 Å². The van der Waals surface area contributed by atoms with Crippen LogP contribution in [0.2, 0.25) is 5.15 Å². The van der Waals surface area contributed by atoms with Gasteiger partial charge < -0.3 is 10.0 Å². The van der Waals surface area contributed by atoms with Gasteiger partial charge in [0, 0.05) is 29.7 Å². The Kier molecular flexibility index (Phi) is 3.62. The number of carboxylic acids is 1. The second kappa shape index (κ2) is 5.80. The Balaban J connectivity index is 1.68. The molecule has 3 aromatic rings. The highest BCUT2D eigenvalue weighted by molar-refractivity contribution is 6.34. The van der Waals surface area contributed by atoms with Crippen LogP contribution < -0.4 is 4.90 Å². The van der Waals surface area contributed by atoms with E-state index in [1.165, 1.54) is 0 Å². The summed E-state index contributed by atoms with van der Waals surface area (Å²) in [5.74, 6) is -1.01. The molecule has 2 heterocycles. The van der Waals surface area contributed by atoms with Crippen molar-refractivity contribution in [1.29, 1.82) is 0 Å². The van der Waals surface area contributed by atoms with Crippen LogP contribution in [0.4, 0.5) is 5.69 Å². The number of fused-ring (bicyclic) bond motifs is 1. The van der Waals surface area contributed by atoms with E-state index in [4.69, 9.17) is 16.7 Å². The number of aliphatic carboxylic acids is 1. The molecule has 2 aromatic carbocycles. The van der Waals surface area contributed by atoms with Gasteiger partial charge in [0.05, 0.1) is 11.6 Å². The number of anilines is 1. The summed E-state index contributed by atoms with van der Waals surface area (Å²) in [4.78, 5) is 17.5. The molecule has 24 heavy (non-hydrogen) atoms. The maximum Gasteiger partial charge on any atom is 0.310 e. The van der Waals surface area contributed by atoms with E-state index in [0.717, 1.165) is 27.7 Å². The second-order valence-corrected chi connectivity index (χ2v) is 6.37. The highest BCUT2D eigenvalue weighted by Gasteiger charge is 2.32. The number of carbonyl (C=O) groups is 1. The van der Waals surface area contributed by atoms with Crippen LogP contribution in [0.5, 0.6) is 0 Å². The normalized spacial score (nSPS) is 14.6. The lowest BCUT2D eigenvalue weighted by Gasteiger charge is -2.38. The summed E-state index contributed by atoms with van der Waals surface area (Å²) in [6, 6.07) is 17.9. The molecule has 5 heteroatoms. The number of halogens is 1. The molecule has 1 aliphatic heterocycles. The van der Waals surface area contributed by atoms with Crippen molar-refractivity contribution >= 4 is 34.0 Å². The van der Waals surface area contributed by atoms with Crippen LogP contribution in [0, 0.1) is 5.92 Å². The Labute approximate surface area is 144 Å². The van der Waals surface area contributed by atoms with Crippen molar-refractivity contribution in [3.05, 3.63) is 59.8 Å². The largest absolute Gasteiger partial charge is 0.481 e. The summed E-state index contributed by atoms with van der Waals surface area (Å²) in [6.45, 7) is 1.09. The van der Waals surface area contributed by atoms with E-state index in [1.54, 1.807) is 0 Å². The fraction of sp³-hybridized carbons (Fsp3) is 0.158. The van der Waals surface area contributed by atoms with Crippen molar-refractivity contribution in [3.8, 4) is 11.3 Å². The molecule has 1 N–H and O–H groups in total. The third kappa shape index (κ3) is 2.59. The Hall–Kier alpha value is -2.59. The van der Waals surface area contributed by atoms with Gasteiger partial charge in [-0.2, -0.15) is 0 Å². The molecule has 0 aliphatic carbocycles. The molecule has 0 radical (unpaired) electrons. The van der Waals surface area contributed by atoms with E-state index in [2.05, 4.69) is 9.88 Å². The zero-order chi connectivity index (χ0) is 16.7. The van der Waals surface area contributed by atoms with Gasteiger partial charge in [0.2, 0.25) is 0 Å². The second-order valence-electron chi connectivity index (χ2n) is 6.01. The van der Waals surface area contributed by atoms with E-state index < -0.39 is 5.97 Å². The Morgan fingerprint density at radius 3 is 2.71 bits per heavy atom. The summed E-state index contributed by atoms with van der Waals surface area (Å²) in [5, 5.41) is 11.5. The SMILES string of the molecule is O=C(O)C1CN(c2cccc(-c3cc4ccccc4c(Cl)n3)c2)C1. The third-order valence-corrected chi connectivity index (χ3v) is 4.72. The Morgan fingerprint density at radius 2 is 1.92 bits per heavy atom. The van der Waals surface area contributed by atoms with Gasteiger partial charge in [-0.05, 0) is 23.6 Å². The van der Waals surface area contributed by atoms with Crippen LogP contribution in [0.25, 0.3) is 22.0 Å². The molecular weight excluding hydrogens is 324 g/mol. The minimum Gasteiger partial charge on any atom is -0.481 e. The summed E-state index contributed by atoms with van der Waals surface area (Å²) in [5.41, 5.74) is 2.80. The molecular formula is C19H15ClN2O2. The molecule has 0 bridgehead atoms. The number of aromatic nitrogens is 1. The van der Waals surface area contributed by atoms with Gasteiger partial charge in [-0.1, -0.05) is 48.0 Å². The number of carboxylic acid groups (broad SMARTS) is 1. The van der Waals surface area contributed by atoms with Crippen molar-refractivity contribution in [2.75, 3.05) is 18.0 Å².